The number of amides is 1. The number of nitrogens with one attached hydrogen (secondary N) is 1. The summed E-state index contributed by atoms with van der Waals surface area (Å²) in [6.07, 6.45) is 0. The minimum Gasteiger partial charge on any atom is -0.497 e. The van der Waals surface area contributed by atoms with Crippen molar-refractivity contribution in [3.63, 3.8) is 0 Å². The van der Waals surface area contributed by atoms with E-state index >= 15 is 0 Å². The van der Waals surface area contributed by atoms with E-state index in [1.165, 1.54) is 0 Å². The highest BCUT2D eigenvalue weighted by atomic mass is 35.5. The zero-order valence-corrected chi connectivity index (χ0v) is 20.1. The van der Waals surface area contributed by atoms with Crippen LogP contribution < -0.4 is 10.1 Å². The van der Waals surface area contributed by atoms with E-state index in [1.54, 1.807) is 18.9 Å². The first-order valence-corrected chi connectivity index (χ1v) is 12.8. The molecule has 4 atom stereocenters. The maximum Gasteiger partial charge on any atom is 0.250 e. The van der Waals surface area contributed by atoms with Crippen LogP contribution in [-0.2, 0) is 10.3 Å². The molecule has 0 aliphatic carbocycles. The monoisotopic (exact) mass is 490 g/mol. The molecule has 5 nitrogen and oxygen atoms in total. The Balaban J connectivity index is 1.62. The van der Waals surface area contributed by atoms with E-state index in [1.807, 2.05) is 72.8 Å². The van der Waals surface area contributed by atoms with Crippen molar-refractivity contribution in [3.05, 3.63) is 94.5 Å². The summed E-state index contributed by atoms with van der Waals surface area (Å²) in [6.45, 7) is 0. The van der Waals surface area contributed by atoms with Crippen molar-refractivity contribution in [2.24, 2.45) is 5.92 Å². The molecular weight excluding hydrogens is 468 g/mol. The fourth-order valence-corrected chi connectivity index (χ4v) is 7.47. The van der Waals surface area contributed by atoms with Crippen molar-refractivity contribution < 1.29 is 14.3 Å². The summed E-state index contributed by atoms with van der Waals surface area (Å²) in [6, 6.07) is 22.7. The number of methoxy groups -OCH3 is 1. The van der Waals surface area contributed by atoms with Crippen molar-refractivity contribution >= 4 is 40.7 Å². The number of ketones is 1. The second kappa shape index (κ2) is 8.15. The molecule has 1 N–H and O–H groups in total. The molecule has 2 saturated heterocycles. The Labute approximate surface area is 207 Å². The van der Waals surface area contributed by atoms with Crippen LogP contribution in [0.5, 0.6) is 5.75 Å². The average molecular weight is 491 g/mol. The van der Waals surface area contributed by atoms with Gasteiger partial charge in [0, 0.05) is 45.4 Å². The lowest BCUT2D eigenvalue weighted by Gasteiger charge is -2.36. The quantitative estimate of drug-likeness (QED) is 0.511. The van der Waals surface area contributed by atoms with Crippen LogP contribution in [-0.4, -0.2) is 41.4 Å². The van der Waals surface area contributed by atoms with Crippen molar-refractivity contribution in [1.29, 1.82) is 0 Å². The van der Waals surface area contributed by atoms with Gasteiger partial charge in [-0.05, 0) is 35.9 Å². The second-order valence-electron chi connectivity index (χ2n) is 8.95. The molecule has 3 aliphatic rings. The summed E-state index contributed by atoms with van der Waals surface area (Å²) in [7, 11) is 1.62. The Morgan fingerprint density at radius 2 is 1.88 bits per heavy atom. The molecule has 3 aromatic carbocycles. The minimum absolute atomic E-state index is 0.0224. The first-order valence-electron chi connectivity index (χ1n) is 11.2. The second-order valence-corrected chi connectivity index (χ2v) is 10.4. The maximum absolute atomic E-state index is 14.3. The van der Waals surface area contributed by atoms with Crippen molar-refractivity contribution in [1.82, 2.24) is 4.90 Å². The normalized spacial score (nSPS) is 27.5. The van der Waals surface area contributed by atoms with Gasteiger partial charge in [0.15, 0.2) is 5.78 Å². The Morgan fingerprint density at radius 3 is 2.62 bits per heavy atom. The molecule has 0 saturated carbocycles. The summed E-state index contributed by atoms with van der Waals surface area (Å²) in [5.41, 5.74) is 2.08. The topological polar surface area (TPSA) is 58.6 Å². The molecule has 3 aromatic rings. The molecule has 1 spiro atoms. The Hall–Kier alpha value is -2.80. The minimum atomic E-state index is -1.12. The van der Waals surface area contributed by atoms with Gasteiger partial charge in [-0.25, -0.2) is 0 Å². The van der Waals surface area contributed by atoms with Gasteiger partial charge in [-0.15, -0.1) is 11.8 Å². The summed E-state index contributed by atoms with van der Waals surface area (Å²) >= 11 is 8.01. The van der Waals surface area contributed by atoms with Crippen LogP contribution in [0.4, 0.5) is 5.69 Å². The van der Waals surface area contributed by atoms with Crippen molar-refractivity contribution in [2.45, 2.75) is 17.5 Å². The van der Waals surface area contributed by atoms with Crippen LogP contribution >= 0.6 is 23.4 Å². The van der Waals surface area contributed by atoms with E-state index in [4.69, 9.17) is 16.3 Å². The molecule has 0 aromatic heterocycles. The van der Waals surface area contributed by atoms with Crippen LogP contribution in [0.15, 0.2) is 72.8 Å². The lowest BCUT2D eigenvalue weighted by Crippen LogP contribution is -2.52. The summed E-state index contributed by atoms with van der Waals surface area (Å²) in [4.78, 5) is 30.6. The number of carbonyl (C=O) groups excluding carboxylic acids is 2. The van der Waals surface area contributed by atoms with Crippen molar-refractivity contribution in [2.75, 3.05) is 24.1 Å². The van der Waals surface area contributed by atoms with Gasteiger partial charge in [-0.1, -0.05) is 54.1 Å². The number of Topliss-reactive ketones (excluding diaryl/α,β-unsaturated/α-hetero) is 1. The lowest BCUT2D eigenvalue weighted by molar-refractivity contribution is -0.127. The molecule has 0 bridgehead atoms. The van der Waals surface area contributed by atoms with Crippen LogP contribution in [0, 0.1) is 5.92 Å². The third kappa shape index (κ3) is 2.98. The zero-order valence-electron chi connectivity index (χ0n) is 18.5. The third-order valence-corrected chi connectivity index (χ3v) is 8.71. The highest BCUT2D eigenvalue weighted by Crippen LogP contribution is 2.61. The van der Waals surface area contributed by atoms with Gasteiger partial charge in [0.25, 0.3) is 0 Å². The molecule has 34 heavy (non-hydrogen) atoms. The molecule has 0 unspecified atom stereocenters. The third-order valence-electron chi connectivity index (χ3n) is 7.42. The van der Waals surface area contributed by atoms with Gasteiger partial charge in [0.05, 0.1) is 13.0 Å². The zero-order chi connectivity index (χ0) is 23.4. The van der Waals surface area contributed by atoms with Crippen LogP contribution in [0.3, 0.4) is 0 Å². The fourth-order valence-electron chi connectivity index (χ4n) is 6.02. The SMILES string of the molecule is COc1ccc2c(c1)[C@]1(C(=O)N2)[C@H](C(=O)c2ccccc2)[C@H](c2ccc(Cl)cc2)[C@H]2CSCN21. The summed E-state index contributed by atoms with van der Waals surface area (Å²) < 4.78 is 5.53. The number of benzene rings is 3. The van der Waals surface area contributed by atoms with Gasteiger partial charge in [0.1, 0.15) is 11.3 Å². The molecule has 1 amide bonds. The largest absolute Gasteiger partial charge is 0.497 e. The Bertz CT molecular complexity index is 1280. The van der Waals surface area contributed by atoms with Gasteiger partial charge in [0.2, 0.25) is 5.91 Å². The van der Waals surface area contributed by atoms with Gasteiger partial charge >= 0.3 is 0 Å². The highest BCUT2D eigenvalue weighted by molar-refractivity contribution is 7.99. The number of ether oxygens (including phenoxy) is 1. The van der Waals surface area contributed by atoms with Crippen LogP contribution in [0.2, 0.25) is 5.02 Å². The number of carbonyl (C=O) groups is 2. The fraction of sp³-hybridized carbons (Fsp3) is 0.259. The average Bonchev–Trinajstić information content (AvgIpc) is 3.53. The predicted molar refractivity (Wildman–Crippen MR) is 135 cm³/mol. The van der Waals surface area contributed by atoms with Crippen molar-refractivity contribution in [3.8, 4) is 5.75 Å². The molecule has 3 heterocycles. The summed E-state index contributed by atoms with van der Waals surface area (Å²) in [5, 5.41) is 3.74. The standard InChI is InChI=1S/C27H23ClN2O3S/c1-33-19-11-12-21-20(13-19)27(26(32)29-21)24(25(31)17-5-3-2-4-6-17)23(22-14-34-15-30(22)27)16-7-9-18(28)10-8-16/h2-13,22-24H,14-15H2,1H3,(H,29,32)/t22-,23-,24+,27-/m1/s1. The molecule has 172 valence electrons. The number of nitrogens with zero attached hydrogens (tertiary/aromatic N) is 1. The smallest absolute Gasteiger partial charge is 0.250 e. The number of rotatable bonds is 4. The number of hydrogen-bond donors (Lipinski definition) is 1. The van der Waals surface area contributed by atoms with E-state index in [0.717, 1.165) is 22.6 Å². The molecule has 2 fully saturated rings. The molecule has 7 heteroatoms. The van der Waals surface area contributed by atoms with Gasteiger partial charge < -0.3 is 10.1 Å². The number of halogens is 1. The number of thioether (sulfide) groups is 1. The van der Waals surface area contributed by atoms with E-state index in [9.17, 15) is 9.59 Å². The predicted octanol–water partition coefficient (Wildman–Crippen LogP) is 5.17. The number of hydrogen-bond acceptors (Lipinski definition) is 5. The lowest BCUT2D eigenvalue weighted by atomic mass is 9.69. The van der Waals surface area contributed by atoms with E-state index < -0.39 is 11.5 Å². The highest BCUT2D eigenvalue weighted by Gasteiger charge is 2.69. The Kier molecular flexibility index (Phi) is 5.21. The first kappa shape index (κ1) is 21.7. The maximum atomic E-state index is 14.3. The van der Waals surface area contributed by atoms with Gasteiger partial charge in [-0.2, -0.15) is 0 Å². The van der Waals surface area contributed by atoms with Crippen LogP contribution in [0.25, 0.3) is 0 Å². The summed E-state index contributed by atoms with van der Waals surface area (Å²) in [5.74, 6) is 1.26. The van der Waals surface area contributed by atoms with Gasteiger partial charge in [-0.3, -0.25) is 14.5 Å². The molecule has 6 rings (SSSR count). The molecule has 3 aliphatic heterocycles. The first-order chi connectivity index (χ1) is 16.6. The Morgan fingerprint density at radius 1 is 1.12 bits per heavy atom. The number of anilines is 1. The van der Waals surface area contributed by atoms with E-state index in [-0.39, 0.29) is 23.7 Å². The van der Waals surface area contributed by atoms with E-state index in [2.05, 4.69) is 10.2 Å². The molecule has 0 radical (unpaired) electrons. The molecular formula is C27H23ClN2O3S. The number of fused-ring (bicyclic) bond motifs is 4. The van der Waals surface area contributed by atoms with Crippen LogP contribution in [0.1, 0.15) is 27.4 Å². The van der Waals surface area contributed by atoms with E-state index in [0.29, 0.717) is 22.2 Å².